The van der Waals surface area contributed by atoms with Crippen LogP contribution in [0.1, 0.15) is 17.0 Å². The molecular weight excluding hydrogens is 222 g/mol. The molecule has 0 saturated carbocycles. The van der Waals surface area contributed by atoms with E-state index in [1.54, 1.807) is 11.8 Å². The van der Waals surface area contributed by atoms with Gasteiger partial charge in [0.15, 0.2) is 6.39 Å². The minimum absolute atomic E-state index is 0.0906. The van der Waals surface area contributed by atoms with Crippen molar-refractivity contribution in [1.29, 1.82) is 0 Å². The van der Waals surface area contributed by atoms with Crippen LogP contribution in [0.2, 0.25) is 0 Å². The SMILES string of the molecule is Cc1ocnc1CSc1ccc(CO)cc1. The fourth-order valence-corrected chi connectivity index (χ4v) is 2.22. The van der Waals surface area contributed by atoms with Crippen molar-refractivity contribution < 1.29 is 9.52 Å². The smallest absolute Gasteiger partial charge is 0.181 e. The highest BCUT2D eigenvalue weighted by Crippen LogP contribution is 2.23. The third-order valence-corrected chi connectivity index (χ3v) is 3.35. The van der Waals surface area contributed by atoms with Gasteiger partial charge in [-0.3, -0.25) is 0 Å². The minimum atomic E-state index is 0.0906. The molecule has 0 aliphatic rings. The highest BCUT2D eigenvalue weighted by atomic mass is 32.2. The van der Waals surface area contributed by atoms with Gasteiger partial charge in [0, 0.05) is 10.6 Å². The van der Waals surface area contributed by atoms with Crippen molar-refractivity contribution in [3.63, 3.8) is 0 Å². The molecule has 16 heavy (non-hydrogen) atoms. The Morgan fingerprint density at radius 3 is 2.62 bits per heavy atom. The lowest BCUT2D eigenvalue weighted by molar-refractivity contribution is 0.282. The van der Waals surface area contributed by atoms with Gasteiger partial charge in [-0.05, 0) is 24.6 Å². The van der Waals surface area contributed by atoms with Gasteiger partial charge in [-0.25, -0.2) is 4.98 Å². The molecule has 3 nitrogen and oxygen atoms in total. The molecule has 0 amide bonds. The van der Waals surface area contributed by atoms with E-state index in [1.165, 1.54) is 11.3 Å². The van der Waals surface area contributed by atoms with Crippen molar-refractivity contribution in [2.24, 2.45) is 0 Å². The predicted molar refractivity (Wildman–Crippen MR) is 63.2 cm³/mol. The summed E-state index contributed by atoms with van der Waals surface area (Å²) in [5.41, 5.74) is 1.92. The molecule has 0 spiro atoms. The summed E-state index contributed by atoms with van der Waals surface area (Å²) in [6.45, 7) is 2.01. The molecule has 0 radical (unpaired) electrons. The van der Waals surface area contributed by atoms with Gasteiger partial charge in [0.25, 0.3) is 0 Å². The highest BCUT2D eigenvalue weighted by molar-refractivity contribution is 7.98. The summed E-state index contributed by atoms with van der Waals surface area (Å²) >= 11 is 1.71. The van der Waals surface area contributed by atoms with Gasteiger partial charge in [0.2, 0.25) is 0 Å². The second kappa shape index (κ2) is 5.18. The Morgan fingerprint density at radius 1 is 1.31 bits per heavy atom. The summed E-state index contributed by atoms with van der Waals surface area (Å²) in [7, 11) is 0. The normalized spacial score (nSPS) is 10.6. The molecule has 0 bridgehead atoms. The van der Waals surface area contributed by atoms with Gasteiger partial charge in [-0.1, -0.05) is 12.1 Å². The van der Waals surface area contributed by atoms with Gasteiger partial charge in [0.1, 0.15) is 5.76 Å². The van der Waals surface area contributed by atoms with E-state index < -0.39 is 0 Å². The standard InChI is InChI=1S/C12H13NO2S/c1-9-12(13-8-15-9)7-16-11-4-2-10(6-14)3-5-11/h2-5,8,14H,6-7H2,1H3. The van der Waals surface area contributed by atoms with Crippen molar-refractivity contribution in [3.8, 4) is 0 Å². The van der Waals surface area contributed by atoms with Crippen LogP contribution in [-0.4, -0.2) is 10.1 Å². The summed E-state index contributed by atoms with van der Waals surface area (Å²) in [5, 5.41) is 8.92. The molecule has 1 aromatic heterocycles. The van der Waals surface area contributed by atoms with Crippen LogP contribution < -0.4 is 0 Å². The number of thioether (sulfide) groups is 1. The van der Waals surface area contributed by atoms with Gasteiger partial charge < -0.3 is 9.52 Å². The second-order valence-electron chi connectivity index (χ2n) is 3.45. The molecule has 1 N–H and O–H groups in total. The number of hydrogen-bond acceptors (Lipinski definition) is 4. The molecule has 1 aromatic carbocycles. The van der Waals surface area contributed by atoms with Crippen LogP contribution in [-0.2, 0) is 12.4 Å². The first kappa shape index (κ1) is 11.2. The molecule has 0 unspecified atom stereocenters. The van der Waals surface area contributed by atoms with Crippen LogP contribution in [0.25, 0.3) is 0 Å². The summed E-state index contributed by atoms with van der Waals surface area (Å²) in [6, 6.07) is 7.87. The first-order valence-electron chi connectivity index (χ1n) is 5.01. The number of rotatable bonds is 4. The van der Waals surface area contributed by atoms with Crippen molar-refractivity contribution in [2.45, 2.75) is 24.2 Å². The van der Waals surface area contributed by atoms with Crippen LogP contribution in [0.15, 0.2) is 40.0 Å². The first-order valence-corrected chi connectivity index (χ1v) is 5.99. The summed E-state index contributed by atoms with van der Waals surface area (Å²) in [5.74, 6) is 1.68. The number of aromatic nitrogens is 1. The molecule has 4 heteroatoms. The number of nitrogens with zero attached hydrogens (tertiary/aromatic N) is 1. The zero-order chi connectivity index (χ0) is 11.4. The Hall–Kier alpha value is -1.26. The lowest BCUT2D eigenvalue weighted by Crippen LogP contribution is -1.85. The van der Waals surface area contributed by atoms with E-state index in [-0.39, 0.29) is 6.61 Å². The maximum absolute atomic E-state index is 8.92. The Balaban J connectivity index is 1.97. The van der Waals surface area contributed by atoms with Crippen molar-refractivity contribution in [3.05, 3.63) is 47.7 Å². The maximum Gasteiger partial charge on any atom is 0.181 e. The molecule has 84 valence electrons. The average molecular weight is 235 g/mol. The van der Waals surface area contributed by atoms with E-state index in [4.69, 9.17) is 9.52 Å². The lowest BCUT2D eigenvalue weighted by Gasteiger charge is -2.01. The second-order valence-corrected chi connectivity index (χ2v) is 4.49. The van der Waals surface area contributed by atoms with Crippen LogP contribution in [0, 0.1) is 6.92 Å². The molecule has 0 saturated heterocycles. The fraction of sp³-hybridized carbons (Fsp3) is 0.250. The summed E-state index contributed by atoms with van der Waals surface area (Å²) < 4.78 is 5.13. The summed E-state index contributed by atoms with van der Waals surface area (Å²) in [6.07, 6.45) is 1.47. The topological polar surface area (TPSA) is 46.3 Å². The number of hydrogen-bond donors (Lipinski definition) is 1. The van der Waals surface area contributed by atoms with Crippen molar-refractivity contribution >= 4 is 11.8 Å². The first-order chi connectivity index (χ1) is 7.79. The molecular formula is C12H13NO2S. The van der Waals surface area contributed by atoms with Crippen LogP contribution in [0.4, 0.5) is 0 Å². The Bertz CT molecular complexity index is 450. The largest absolute Gasteiger partial charge is 0.448 e. The molecule has 0 aliphatic heterocycles. The van der Waals surface area contributed by atoms with Crippen molar-refractivity contribution in [2.75, 3.05) is 0 Å². The van der Waals surface area contributed by atoms with Crippen LogP contribution in [0.3, 0.4) is 0 Å². The molecule has 2 rings (SSSR count). The molecule has 0 aliphatic carbocycles. The maximum atomic E-state index is 8.92. The monoisotopic (exact) mass is 235 g/mol. The number of benzene rings is 1. The van der Waals surface area contributed by atoms with Gasteiger partial charge in [0.05, 0.1) is 12.3 Å². The fourth-order valence-electron chi connectivity index (χ4n) is 1.31. The van der Waals surface area contributed by atoms with Crippen molar-refractivity contribution in [1.82, 2.24) is 4.98 Å². The van der Waals surface area contributed by atoms with E-state index in [0.29, 0.717) is 0 Å². The van der Waals surface area contributed by atoms with E-state index in [1.807, 2.05) is 31.2 Å². The lowest BCUT2D eigenvalue weighted by atomic mass is 10.2. The molecule has 1 heterocycles. The third kappa shape index (κ3) is 2.65. The zero-order valence-corrected chi connectivity index (χ0v) is 9.83. The molecule has 0 atom stereocenters. The van der Waals surface area contributed by atoms with Gasteiger partial charge in [-0.15, -0.1) is 11.8 Å². The summed E-state index contributed by atoms with van der Waals surface area (Å²) in [4.78, 5) is 5.30. The van der Waals surface area contributed by atoms with E-state index in [2.05, 4.69) is 4.98 Å². The Morgan fingerprint density at radius 2 is 2.06 bits per heavy atom. The number of aryl methyl sites for hydroxylation is 1. The Kier molecular flexibility index (Phi) is 3.64. The number of aliphatic hydroxyl groups excluding tert-OH is 1. The zero-order valence-electron chi connectivity index (χ0n) is 9.01. The van der Waals surface area contributed by atoms with E-state index in [9.17, 15) is 0 Å². The molecule has 0 fully saturated rings. The van der Waals surface area contributed by atoms with Crippen LogP contribution >= 0.6 is 11.8 Å². The number of aliphatic hydroxyl groups is 1. The predicted octanol–water partition coefficient (Wildman–Crippen LogP) is 2.77. The van der Waals surface area contributed by atoms with E-state index >= 15 is 0 Å². The highest BCUT2D eigenvalue weighted by Gasteiger charge is 2.03. The third-order valence-electron chi connectivity index (χ3n) is 2.33. The minimum Gasteiger partial charge on any atom is -0.448 e. The van der Waals surface area contributed by atoms with Crippen LogP contribution in [0.5, 0.6) is 0 Å². The van der Waals surface area contributed by atoms with E-state index in [0.717, 1.165) is 22.8 Å². The number of oxazole rings is 1. The average Bonchev–Trinajstić information content (AvgIpc) is 2.73. The quantitative estimate of drug-likeness (QED) is 0.828. The Labute approximate surface area is 98.5 Å². The molecule has 2 aromatic rings. The van der Waals surface area contributed by atoms with Gasteiger partial charge in [-0.2, -0.15) is 0 Å². The van der Waals surface area contributed by atoms with Gasteiger partial charge >= 0.3 is 0 Å².